The van der Waals surface area contributed by atoms with E-state index in [-0.39, 0.29) is 22.4 Å². The van der Waals surface area contributed by atoms with Crippen LogP contribution in [-0.2, 0) is 4.79 Å². The van der Waals surface area contributed by atoms with Gasteiger partial charge in [-0.1, -0.05) is 29.4 Å². The van der Waals surface area contributed by atoms with Crippen LogP contribution in [0.5, 0.6) is 0 Å². The Morgan fingerprint density at radius 1 is 1.36 bits per heavy atom. The highest BCUT2D eigenvalue weighted by Gasteiger charge is 2.14. The SMILES string of the molecule is Cc1ccc2nc(SCC(=O)Nc3ccc(Cl)c([N+](=O)[O-])c3)[nH]c2c1. The van der Waals surface area contributed by atoms with E-state index in [1.165, 1.54) is 30.0 Å². The molecule has 0 aliphatic heterocycles. The molecule has 0 aliphatic rings. The van der Waals surface area contributed by atoms with Gasteiger partial charge in [-0.3, -0.25) is 14.9 Å². The number of hydrogen-bond donors (Lipinski definition) is 2. The van der Waals surface area contributed by atoms with Crippen LogP contribution in [0.1, 0.15) is 5.56 Å². The van der Waals surface area contributed by atoms with Gasteiger partial charge in [0, 0.05) is 11.8 Å². The molecule has 0 radical (unpaired) electrons. The van der Waals surface area contributed by atoms with Gasteiger partial charge in [0.1, 0.15) is 5.02 Å². The Hall–Kier alpha value is -2.58. The van der Waals surface area contributed by atoms with E-state index in [2.05, 4.69) is 15.3 Å². The number of nitro groups is 1. The van der Waals surface area contributed by atoms with Gasteiger partial charge in [-0.05, 0) is 36.8 Å². The van der Waals surface area contributed by atoms with Crippen molar-refractivity contribution >= 4 is 51.7 Å². The summed E-state index contributed by atoms with van der Waals surface area (Å²) in [6.07, 6.45) is 0. The van der Waals surface area contributed by atoms with Crippen molar-refractivity contribution in [1.29, 1.82) is 0 Å². The summed E-state index contributed by atoms with van der Waals surface area (Å²) in [7, 11) is 0. The number of fused-ring (bicyclic) bond motifs is 1. The number of hydrogen-bond acceptors (Lipinski definition) is 5. The molecule has 128 valence electrons. The second-order valence-electron chi connectivity index (χ2n) is 5.32. The molecule has 0 aliphatic carbocycles. The van der Waals surface area contributed by atoms with Crippen LogP contribution < -0.4 is 5.32 Å². The average molecular weight is 377 g/mol. The molecule has 7 nitrogen and oxygen atoms in total. The number of benzene rings is 2. The first-order chi connectivity index (χ1) is 11.9. The van der Waals surface area contributed by atoms with E-state index in [4.69, 9.17) is 11.6 Å². The van der Waals surface area contributed by atoms with E-state index in [1.807, 2.05) is 25.1 Å². The van der Waals surface area contributed by atoms with E-state index in [0.717, 1.165) is 16.6 Å². The fourth-order valence-corrected chi connectivity index (χ4v) is 3.10. The van der Waals surface area contributed by atoms with E-state index in [9.17, 15) is 14.9 Å². The summed E-state index contributed by atoms with van der Waals surface area (Å²) in [6.45, 7) is 1.99. The number of carbonyl (C=O) groups excluding carboxylic acids is 1. The first kappa shape index (κ1) is 17.2. The predicted molar refractivity (Wildman–Crippen MR) is 98.3 cm³/mol. The molecular weight excluding hydrogens is 364 g/mol. The normalized spacial score (nSPS) is 10.8. The molecule has 1 heterocycles. The number of anilines is 1. The Balaban J connectivity index is 1.64. The second-order valence-corrected chi connectivity index (χ2v) is 6.69. The standard InChI is InChI=1S/C16H13ClN4O3S/c1-9-2-5-12-13(6-9)20-16(19-12)25-8-15(22)18-10-3-4-11(17)14(7-10)21(23)24/h2-7H,8H2,1H3,(H,18,22)(H,19,20). The van der Waals surface area contributed by atoms with Gasteiger partial charge in [0.25, 0.3) is 5.69 Å². The number of aryl methyl sites for hydroxylation is 1. The molecule has 0 unspecified atom stereocenters. The van der Waals surface area contributed by atoms with Gasteiger partial charge in [-0.15, -0.1) is 0 Å². The van der Waals surface area contributed by atoms with Crippen LogP contribution in [0.25, 0.3) is 11.0 Å². The number of H-pyrrole nitrogens is 1. The zero-order valence-corrected chi connectivity index (χ0v) is 14.6. The maximum absolute atomic E-state index is 12.0. The van der Waals surface area contributed by atoms with Crippen LogP contribution in [0, 0.1) is 17.0 Å². The Kier molecular flexibility index (Phi) is 4.91. The molecule has 9 heteroatoms. The lowest BCUT2D eigenvalue weighted by atomic mass is 10.2. The Morgan fingerprint density at radius 2 is 2.16 bits per heavy atom. The van der Waals surface area contributed by atoms with Gasteiger partial charge in [-0.2, -0.15) is 0 Å². The molecule has 1 amide bonds. The quantitative estimate of drug-likeness (QED) is 0.395. The Labute approximate surface area is 151 Å². The van der Waals surface area contributed by atoms with Crippen molar-refractivity contribution < 1.29 is 9.72 Å². The average Bonchev–Trinajstić information content (AvgIpc) is 2.96. The minimum atomic E-state index is -0.594. The van der Waals surface area contributed by atoms with Gasteiger partial charge in [0.05, 0.1) is 21.7 Å². The molecule has 3 rings (SSSR count). The number of aromatic nitrogens is 2. The van der Waals surface area contributed by atoms with Gasteiger partial charge in [0.15, 0.2) is 5.16 Å². The largest absolute Gasteiger partial charge is 0.333 e. The summed E-state index contributed by atoms with van der Waals surface area (Å²) in [4.78, 5) is 29.9. The molecule has 25 heavy (non-hydrogen) atoms. The highest BCUT2D eigenvalue weighted by atomic mass is 35.5. The first-order valence-electron chi connectivity index (χ1n) is 7.25. The summed E-state index contributed by atoms with van der Waals surface area (Å²) < 4.78 is 0. The van der Waals surface area contributed by atoms with E-state index in [0.29, 0.717) is 10.8 Å². The molecule has 0 spiro atoms. The van der Waals surface area contributed by atoms with Crippen LogP contribution in [0.4, 0.5) is 11.4 Å². The number of rotatable bonds is 5. The fourth-order valence-electron chi connectivity index (χ4n) is 2.23. The number of nitro benzene ring substituents is 1. The van der Waals surface area contributed by atoms with Gasteiger partial charge >= 0.3 is 0 Å². The number of nitrogens with zero attached hydrogens (tertiary/aromatic N) is 2. The van der Waals surface area contributed by atoms with Crippen LogP contribution >= 0.6 is 23.4 Å². The predicted octanol–water partition coefficient (Wildman–Crippen LogP) is 4.16. The molecule has 2 aromatic carbocycles. The van der Waals surface area contributed by atoms with Crippen LogP contribution in [0.3, 0.4) is 0 Å². The van der Waals surface area contributed by atoms with E-state index in [1.54, 1.807) is 0 Å². The Bertz CT molecular complexity index is 973. The minimum absolute atomic E-state index is 0.0231. The number of carbonyl (C=O) groups is 1. The molecule has 1 aromatic heterocycles. The van der Waals surface area contributed by atoms with Crippen LogP contribution in [0.15, 0.2) is 41.6 Å². The summed E-state index contributed by atoms with van der Waals surface area (Å²) in [5.74, 6) is -0.173. The maximum atomic E-state index is 12.0. The number of thioether (sulfide) groups is 1. The number of amides is 1. The third-order valence-electron chi connectivity index (χ3n) is 3.38. The summed E-state index contributed by atoms with van der Waals surface area (Å²) in [5.41, 5.74) is 2.94. The third kappa shape index (κ3) is 4.09. The monoisotopic (exact) mass is 376 g/mol. The summed E-state index contributed by atoms with van der Waals surface area (Å²) in [5, 5.41) is 14.1. The lowest BCUT2D eigenvalue weighted by molar-refractivity contribution is -0.384. The lowest BCUT2D eigenvalue weighted by Gasteiger charge is -2.05. The number of nitrogens with one attached hydrogen (secondary N) is 2. The topological polar surface area (TPSA) is 101 Å². The lowest BCUT2D eigenvalue weighted by Crippen LogP contribution is -2.14. The van der Waals surface area contributed by atoms with Gasteiger partial charge in [0.2, 0.25) is 5.91 Å². The van der Waals surface area contributed by atoms with Crippen molar-refractivity contribution in [2.24, 2.45) is 0 Å². The van der Waals surface area contributed by atoms with Crippen LogP contribution in [0.2, 0.25) is 5.02 Å². The fraction of sp³-hybridized carbons (Fsp3) is 0.125. The zero-order chi connectivity index (χ0) is 18.0. The molecule has 0 saturated carbocycles. The first-order valence-corrected chi connectivity index (χ1v) is 8.62. The molecule has 0 fully saturated rings. The van der Waals surface area contributed by atoms with Gasteiger partial charge < -0.3 is 10.3 Å². The van der Waals surface area contributed by atoms with Crippen molar-refractivity contribution in [3.63, 3.8) is 0 Å². The molecule has 0 saturated heterocycles. The van der Waals surface area contributed by atoms with Crippen molar-refractivity contribution in [1.82, 2.24) is 9.97 Å². The summed E-state index contributed by atoms with van der Waals surface area (Å²) in [6, 6.07) is 10.00. The molecule has 0 bridgehead atoms. The van der Waals surface area contributed by atoms with E-state index < -0.39 is 4.92 Å². The third-order valence-corrected chi connectivity index (χ3v) is 4.58. The zero-order valence-electron chi connectivity index (χ0n) is 13.1. The Morgan fingerprint density at radius 3 is 2.92 bits per heavy atom. The molecule has 3 aromatic rings. The van der Waals surface area contributed by atoms with Gasteiger partial charge in [-0.25, -0.2) is 4.98 Å². The van der Waals surface area contributed by atoms with Crippen molar-refractivity contribution in [2.75, 3.05) is 11.1 Å². The maximum Gasteiger partial charge on any atom is 0.289 e. The highest BCUT2D eigenvalue weighted by Crippen LogP contribution is 2.27. The smallest absolute Gasteiger partial charge is 0.289 e. The van der Waals surface area contributed by atoms with E-state index >= 15 is 0 Å². The number of halogens is 1. The van der Waals surface area contributed by atoms with Crippen molar-refractivity contribution in [3.05, 3.63) is 57.1 Å². The van der Waals surface area contributed by atoms with Crippen molar-refractivity contribution in [2.45, 2.75) is 12.1 Å². The van der Waals surface area contributed by atoms with Crippen molar-refractivity contribution in [3.8, 4) is 0 Å². The van der Waals surface area contributed by atoms with Crippen LogP contribution in [-0.4, -0.2) is 26.6 Å². The summed E-state index contributed by atoms with van der Waals surface area (Å²) >= 11 is 7.00. The molecular formula is C16H13ClN4O3S. The number of aromatic amines is 1. The molecule has 0 atom stereocenters. The number of imidazole rings is 1. The molecule has 2 N–H and O–H groups in total. The highest BCUT2D eigenvalue weighted by molar-refractivity contribution is 7.99. The minimum Gasteiger partial charge on any atom is -0.333 e. The second kappa shape index (κ2) is 7.12.